The van der Waals surface area contributed by atoms with Gasteiger partial charge in [0, 0.05) is 18.7 Å². The van der Waals surface area contributed by atoms with Crippen molar-refractivity contribution in [3.8, 4) is 5.75 Å². The molecule has 0 unspecified atom stereocenters. The quantitative estimate of drug-likeness (QED) is 0.458. The van der Waals surface area contributed by atoms with Gasteiger partial charge in [0.2, 0.25) is 0 Å². The van der Waals surface area contributed by atoms with Crippen molar-refractivity contribution in [3.05, 3.63) is 47.0 Å². The van der Waals surface area contributed by atoms with E-state index in [-0.39, 0.29) is 24.6 Å². The summed E-state index contributed by atoms with van der Waals surface area (Å²) in [7, 11) is 0. The Morgan fingerprint density at radius 3 is 2.55 bits per heavy atom. The summed E-state index contributed by atoms with van der Waals surface area (Å²) in [5.41, 5.74) is -0.0781. The molecule has 0 spiro atoms. The number of non-ortho nitro benzene ring substituents is 1. The lowest BCUT2D eigenvalue weighted by molar-refractivity contribution is -0.384. The highest BCUT2D eigenvalue weighted by Gasteiger charge is 2.08. The lowest BCUT2D eigenvalue weighted by atomic mass is 10.3. The first kappa shape index (κ1) is 15.2. The lowest BCUT2D eigenvalue weighted by Crippen LogP contribution is -2.41. The van der Waals surface area contributed by atoms with Crippen LogP contribution >= 0.6 is 0 Å². The van der Waals surface area contributed by atoms with Crippen molar-refractivity contribution < 1.29 is 19.2 Å². The molecule has 0 atom stereocenters. The molecule has 106 valence electrons. The van der Waals surface area contributed by atoms with E-state index in [1.165, 1.54) is 30.3 Å². The van der Waals surface area contributed by atoms with Gasteiger partial charge in [-0.3, -0.25) is 20.2 Å². The zero-order valence-electron chi connectivity index (χ0n) is 10.5. The number of nitrogens with zero attached hydrogens (tertiary/aromatic N) is 1. The summed E-state index contributed by atoms with van der Waals surface area (Å²) in [6.07, 6.45) is 1.47. The summed E-state index contributed by atoms with van der Waals surface area (Å²) in [5.74, 6) is -0.345. The molecule has 0 bridgehead atoms. The summed E-state index contributed by atoms with van der Waals surface area (Å²) in [6.45, 7) is 3.27. The minimum absolute atomic E-state index is 0.0781. The van der Waals surface area contributed by atoms with Gasteiger partial charge in [0.1, 0.15) is 5.75 Å². The summed E-state index contributed by atoms with van der Waals surface area (Å²) in [6, 6.07) is 4.59. The highest BCUT2D eigenvalue weighted by Crippen LogP contribution is 2.16. The molecular weight excluding hydrogens is 266 g/mol. The van der Waals surface area contributed by atoms with E-state index in [0.717, 1.165) is 0 Å². The molecule has 0 aromatic heterocycles. The molecule has 0 radical (unpaired) electrons. The predicted octanol–water partition coefficient (Wildman–Crippen LogP) is 0.985. The second kappa shape index (κ2) is 7.52. The van der Waals surface area contributed by atoms with Crippen molar-refractivity contribution in [1.29, 1.82) is 0 Å². The average Bonchev–Trinajstić information content (AvgIpc) is 2.43. The van der Waals surface area contributed by atoms with Gasteiger partial charge >= 0.3 is 6.03 Å². The molecule has 0 fully saturated rings. The number of carbonyl (C=O) groups excluding carboxylic acids is 2. The molecule has 1 rings (SSSR count). The Kier molecular flexibility index (Phi) is 5.70. The van der Waals surface area contributed by atoms with Gasteiger partial charge in [-0.25, -0.2) is 4.79 Å². The molecule has 1 aromatic carbocycles. The van der Waals surface area contributed by atoms with Crippen LogP contribution in [0.2, 0.25) is 0 Å². The number of nitrogens with one attached hydrogen (secondary N) is 2. The first-order valence-electron chi connectivity index (χ1n) is 5.58. The number of ether oxygens (including phenoxy) is 1. The van der Waals surface area contributed by atoms with E-state index in [4.69, 9.17) is 4.74 Å². The summed E-state index contributed by atoms with van der Waals surface area (Å²) >= 11 is 0. The molecule has 20 heavy (non-hydrogen) atoms. The molecule has 0 aliphatic carbocycles. The average molecular weight is 279 g/mol. The third-order valence-electron chi connectivity index (χ3n) is 2.08. The van der Waals surface area contributed by atoms with Crippen LogP contribution in [0.15, 0.2) is 36.9 Å². The molecule has 0 saturated heterocycles. The molecule has 1 aromatic rings. The van der Waals surface area contributed by atoms with Crippen LogP contribution in [0.25, 0.3) is 0 Å². The Morgan fingerprint density at radius 2 is 2.00 bits per heavy atom. The Labute approximate surface area is 114 Å². The maximum absolute atomic E-state index is 11.3. The van der Waals surface area contributed by atoms with Crippen LogP contribution in [-0.4, -0.2) is 30.0 Å². The summed E-state index contributed by atoms with van der Waals surface area (Å²) in [5, 5.41) is 14.8. The Morgan fingerprint density at radius 1 is 1.35 bits per heavy atom. The molecule has 0 saturated carbocycles. The Balaban J connectivity index is 2.38. The maximum atomic E-state index is 11.3. The van der Waals surface area contributed by atoms with E-state index in [0.29, 0.717) is 0 Å². The standard InChI is InChI=1S/C12H13N3O5/c1-2-7-13-12(17)14-11(16)8-20-10-5-3-9(4-6-10)15(18)19/h2-6H,1,7-8H2,(H2,13,14,16,17). The first-order chi connectivity index (χ1) is 9.52. The van der Waals surface area contributed by atoms with Crippen LogP contribution in [-0.2, 0) is 4.79 Å². The van der Waals surface area contributed by atoms with Crippen molar-refractivity contribution in [2.75, 3.05) is 13.2 Å². The van der Waals surface area contributed by atoms with Gasteiger partial charge in [0.05, 0.1) is 4.92 Å². The largest absolute Gasteiger partial charge is 0.484 e. The highest BCUT2D eigenvalue weighted by atomic mass is 16.6. The van der Waals surface area contributed by atoms with Crippen molar-refractivity contribution in [2.45, 2.75) is 0 Å². The fourth-order valence-electron chi connectivity index (χ4n) is 1.18. The third kappa shape index (κ3) is 5.17. The normalized spacial score (nSPS) is 9.40. The zero-order chi connectivity index (χ0) is 15.0. The SMILES string of the molecule is C=CCNC(=O)NC(=O)COc1ccc([N+](=O)[O-])cc1. The van der Waals surface area contributed by atoms with Crippen molar-refractivity contribution in [2.24, 2.45) is 0 Å². The lowest BCUT2D eigenvalue weighted by Gasteiger charge is -2.06. The minimum Gasteiger partial charge on any atom is -0.484 e. The molecule has 8 nitrogen and oxygen atoms in total. The summed E-state index contributed by atoms with van der Waals surface area (Å²) < 4.78 is 5.07. The van der Waals surface area contributed by atoms with E-state index in [1.807, 2.05) is 5.32 Å². The van der Waals surface area contributed by atoms with Gasteiger partial charge < -0.3 is 10.1 Å². The fraction of sp³-hybridized carbons (Fsp3) is 0.167. The van der Waals surface area contributed by atoms with Crippen molar-refractivity contribution in [1.82, 2.24) is 10.6 Å². The van der Waals surface area contributed by atoms with Crippen LogP contribution in [0.1, 0.15) is 0 Å². The van der Waals surface area contributed by atoms with Gasteiger partial charge in [-0.05, 0) is 12.1 Å². The van der Waals surface area contributed by atoms with E-state index >= 15 is 0 Å². The van der Waals surface area contributed by atoms with Crippen molar-refractivity contribution in [3.63, 3.8) is 0 Å². The van der Waals surface area contributed by atoms with Crippen LogP contribution in [0, 0.1) is 10.1 Å². The number of hydrogen-bond donors (Lipinski definition) is 2. The van der Waals surface area contributed by atoms with Crippen molar-refractivity contribution >= 4 is 17.6 Å². The molecule has 8 heteroatoms. The number of carbonyl (C=O) groups is 2. The highest BCUT2D eigenvalue weighted by molar-refractivity contribution is 5.95. The number of rotatable bonds is 6. The molecular formula is C12H13N3O5. The van der Waals surface area contributed by atoms with Gasteiger partial charge in [-0.1, -0.05) is 6.08 Å². The number of nitro groups is 1. The van der Waals surface area contributed by atoms with Crippen LogP contribution in [0.4, 0.5) is 10.5 Å². The third-order valence-corrected chi connectivity index (χ3v) is 2.08. The van der Waals surface area contributed by atoms with Crippen LogP contribution in [0.3, 0.4) is 0 Å². The molecule has 0 heterocycles. The fourth-order valence-corrected chi connectivity index (χ4v) is 1.18. The second-order valence-electron chi connectivity index (χ2n) is 3.59. The van der Waals surface area contributed by atoms with Crippen LogP contribution in [0.5, 0.6) is 5.75 Å². The van der Waals surface area contributed by atoms with E-state index in [9.17, 15) is 19.7 Å². The van der Waals surface area contributed by atoms with Gasteiger partial charge in [0.25, 0.3) is 11.6 Å². The van der Waals surface area contributed by atoms with Gasteiger partial charge in [-0.2, -0.15) is 0 Å². The molecule has 2 N–H and O–H groups in total. The minimum atomic E-state index is -0.651. The number of imide groups is 1. The first-order valence-corrected chi connectivity index (χ1v) is 5.58. The number of urea groups is 1. The molecule has 0 aliphatic rings. The predicted molar refractivity (Wildman–Crippen MR) is 70.3 cm³/mol. The monoisotopic (exact) mass is 279 g/mol. The topological polar surface area (TPSA) is 111 Å². The van der Waals surface area contributed by atoms with Crippen LogP contribution < -0.4 is 15.4 Å². The zero-order valence-corrected chi connectivity index (χ0v) is 10.5. The molecule has 0 aliphatic heterocycles. The Bertz CT molecular complexity index is 512. The smallest absolute Gasteiger partial charge is 0.321 e. The number of amides is 3. The maximum Gasteiger partial charge on any atom is 0.321 e. The number of nitro benzene ring substituents is 1. The Hall–Kier alpha value is -2.90. The van der Waals surface area contributed by atoms with E-state index in [2.05, 4.69) is 11.9 Å². The number of benzene rings is 1. The number of hydrogen-bond acceptors (Lipinski definition) is 5. The van der Waals surface area contributed by atoms with Gasteiger partial charge in [0.15, 0.2) is 6.61 Å². The molecule has 3 amide bonds. The van der Waals surface area contributed by atoms with Gasteiger partial charge in [-0.15, -0.1) is 6.58 Å². The van der Waals surface area contributed by atoms with E-state index < -0.39 is 16.9 Å². The van der Waals surface area contributed by atoms with E-state index in [1.54, 1.807) is 0 Å². The second-order valence-corrected chi connectivity index (χ2v) is 3.59. The summed E-state index contributed by atoms with van der Waals surface area (Å²) in [4.78, 5) is 32.3.